The highest BCUT2D eigenvalue weighted by Crippen LogP contribution is 2.25. The second kappa shape index (κ2) is 9.10. The Bertz CT molecular complexity index is 712. The van der Waals surface area contributed by atoms with Crippen molar-refractivity contribution in [2.24, 2.45) is 0 Å². The second-order valence-electron chi connectivity index (χ2n) is 6.24. The number of hydrogen-bond acceptors (Lipinski definition) is 5. The van der Waals surface area contributed by atoms with Gasteiger partial charge in [-0.25, -0.2) is 0 Å². The fourth-order valence-electron chi connectivity index (χ4n) is 2.47. The first kappa shape index (κ1) is 19.6. The number of amides is 1. The van der Waals surface area contributed by atoms with Crippen LogP contribution in [0.2, 0.25) is 0 Å². The molecule has 0 fully saturated rings. The van der Waals surface area contributed by atoms with Gasteiger partial charge in [-0.3, -0.25) is 4.79 Å². The second-order valence-corrected chi connectivity index (χ2v) is 6.24. The Morgan fingerprint density at radius 3 is 2.31 bits per heavy atom. The summed E-state index contributed by atoms with van der Waals surface area (Å²) in [6, 6.07) is 14.6. The predicted octanol–water partition coefficient (Wildman–Crippen LogP) is 2.19. The molecule has 0 saturated heterocycles. The van der Waals surface area contributed by atoms with Gasteiger partial charge in [-0.05, 0) is 36.8 Å². The summed E-state index contributed by atoms with van der Waals surface area (Å²) in [5.74, 6) is 1.50. The fraction of sp³-hybridized carbons (Fsp3) is 0.350. The number of nitrogens with one attached hydrogen (secondary N) is 1. The number of hydrogen-bond donors (Lipinski definition) is 2. The van der Waals surface area contributed by atoms with Gasteiger partial charge in [0.15, 0.2) is 18.1 Å². The average molecular weight is 359 g/mol. The predicted molar refractivity (Wildman–Crippen MR) is 98.8 cm³/mol. The molecule has 0 aromatic heterocycles. The highest BCUT2D eigenvalue weighted by atomic mass is 16.5. The largest absolute Gasteiger partial charge is 0.497 e. The monoisotopic (exact) mass is 359 g/mol. The van der Waals surface area contributed by atoms with Gasteiger partial charge in [-0.2, -0.15) is 0 Å². The lowest BCUT2D eigenvalue weighted by Crippen LogP contribution is -2.43. The minimum atomic E-state index is -1.07. The van der Waals surface area contributed by atoms with E-state index in [-0.39, 0.29) is 19.1 Å². The Kier molecular flexibility index (Phi) is 6.86. The van der Waals surface area contributed by atoms with Gasteiger partial charge in [0, 0.05) is 13.0 Å². The van der Waals surface area contributed by atoms with Crippen molar-refractivity contribution < 1.29 is 24.1 Å². The average Bonchev–Trinajstić information content (AvgIpc) is 2.65. The maximum atomic E-state index is 12.0. The van der Waals surface area contributed by atoms with Crippen molar-refractivity contribution in [3.63, 3.8) is 0 Å². The lowest BCUT2D eigenvalue weighted by atomic mass is 9.96. The van der Waals surface area contributed by atoms with Gasteiger partial charge in [0.1, 0.15) is 5.75 Å². The Labute approximate surface area is 153 Å². The van der Waals surface area contributed by atoms with Gasteiger partial charge < -0.3 is 24.6 Å². The van der Waals surface area contributed by atoms with Gasteiger partial charge in [0.05, 0.1) is 19.8 Å². The number of carbonyl (C=O) groups excluding carboxylic acids is 1. The van der Waals surface area contributed by atoms with Crippen LogP contribution in [0, 0.1) is 0 Å². The zero-order valence-corrected chi connectivity index (χ0v) is 15.3. The summed E-state index contributed by atoms with van der Waals surface area (Å²) in [5.41, 5.74) is -0.121. The summed E-state index contributed by atoms with van der Waals surface area (Å²) in [5, 5.41) is 13.2. The summed E-state index contributed by atoms with van der Waals surface area (Å²) < 4.78 is 15.8. The third-order valence-electron chi connectivity index (χ3n) is 3.84. The molecule has 0 saturated carbocycles. The van der Waals surface area contributed by atoms with E-state index in [0.29, 0.717) is 17.9 Å². The van der Waals surface area contributed by atoms with E-state index in [2.05, 4.69) is 5.32 Å². The minimum absolute atomic E-state index is 0.118. The lowest BCUT2D eigenvalue weighted by Gasteiger charge is -2.24. The Morgan fingerprint density at radius 2 is 1.69 bits per heavy atom. The van der Waals surface area contributed by atoms with E-state index in [1.807, 2.05) is 30.3 Å². The molecule has 0 spiro atoms. The first-order chi connectivity index (χ1) is 12.4. The molecule has 0 heterocycles. The molecule has 1 unspecified atom stereocenters. The number of rotatable bonds is 9. The standard InChI is InChI=1S/C20H25NO5/c1-20(23,12-15-8-10-16(24-2)11-9-15)14-21-19(22)13-26-18-7-5-4-6-17(18)25-3/h4-11,23H,12-14H2,1-3H3,(H,21,22). The first-order valence-corrected chi connectivity index (χ1v) is 8.31. The molecule has 2 N–H and O–H groups in total. The number of aliphatic hydroxyl groups is 1. The highest BCUT2D eigenvalue weighted by Gasteiger charge is 2.22. The Morgan fingerprint density at radius 1 is 1.04 bits per heavy atom. The Balaban J connectivity index is 1.81. The van der Waals surface area contributed by atoms with E-state index in [9.17, 15) is 9.90 Å². The summed E-state index contributed by atoms with van der Waals surface area (Å²) in [7, 11) is 3.15. The van der Waals surface area contributed by atoms with Gasteiger partial charge in [-0.1, -0.05) is 24.3 Å². The summed E-state index contributed by atoms with van der Waals surface area (Å²) >= 11 is 0. The number of ether oxygens (including phenoxy) is 3. The molecule has 2 rings (SSSR count). The highest BCUT2D eigenvalue weighted by molar-refractivity contribution is 5.77. The SMILES string of the molecule is COc1ccc(CC(C)(O)CNC(=O)COc2ccccc2OC)cc1. The van der Waals surface area contributed by atoms with Gasteiger partial charge >= 0.3 is 0 Å². The molecule has 0 aliphatic carbocycles. The molecular formula is C20H25NO5. The first-order valence-electron chi connectivity index (χ1n) is 8.31. The molecule has 0 radical (unpaired) electrons. The van der Waals surface area contributed by atoms with Crippen LogP contribution in [-0.2, 0) is 11.2 Å². The van der Waals surface area contributed by atoms with Crippen LogP contribution in [0.5, 0.6) is 17.2 Å². The molecule has 0 aliphatic heterocycles. The van der Waals surface area contributed by atoms with Crippen molar-refractivity contribution in [1.29, 1.82) is 0 Å². The van der Waals surface area contributed by atoms with Crippen LogP contribution < -0.4 is 19.5 Å². The van der Waals surface area contributed by atoms with E-state index in [1.54, 1.807) is 39.3 Å². The minimum Gasteiger partial charge on any atom is -0.497 e. The lowest BCUT2D eigenvalue weighted by molar-refractivity contribution is -0.124. The van der Waals surface area contributed by atoms with Crippen LogP contribution in [0.3, 0.4) is 0 Å². The van der Waals surface area contributed by atoms with Crippen LogP contribution >= 0.6 is 0 Å². The third kappa shape index (κ3) is 5.97. The quantitative estimate of drug-likeness (QED) is 0.718. The fourth-order valence-corrected chi connectivity index (χ4v) is 2.47. The van der Waals surface area contributed by atoms with Crippen LogP contribution in [0.15, 0.2) is 48.5 Å². The third-order valence-corrected chi connectivity index (χ3v) is 3.84. The maximum absolute atomic E-state index is 12.0. The molecular weight excluding hydrogens is 334 g/mol. The van der Waals surface area contributed by atoms with Gasteiger partial charge in [0.25, 0.3) is 5.91 Å². The summed E-state index contributed by atoms with van der Waals surface area (Å²) in [4.78, 5) is 12.0. The molecule has 0 bridgehead atoms. The molecule has 6 heteroatoms. The van der Waals surface area contributed by atoms with Crippen molar-refractivity contribution in [2.45, 2.75) is 18.9 Å². The van der Waals surface area contributed by atoms with Crippen molar-refractivity contribution >= 4 is 5.91 Å². The van der Waals surface area contributed by atoms with E-state index < -0.39 is 5.60 Å². The number of methoxy groups -OCH3 is 2. The zero-order valence-electron chi connectivity index (χ0n) is 15.3. The van der Waals surface area contributed by atoms with Crippen LogP contribution in [-0.4, -0.2) is 44.0 Å². The van der Waals surface area contributed by atoms with Crippen molar-refractivity contribution in [3.8, 4) is 17.2 Å². The van der Waals surface area contributed by atoms with E-state index in [1.165, 1.54) is 0 Å². The van der Waals surface area contributed by atoms with Crippen LogP contribution in [0.1, 0.15) is 12.5 Å². The maximum Gasteiger partial charge on any atom is 0.258 e. The number of benzene rings is 2. The Hall–Kier alpha value is -2.73. The molecule has 2 aromatic carbocycles. The smallest absolute Gasteiger partial charge is 0.258 e. The van der Waals surface area contributed by atoms with Crippen molar-refractivity contribution in [2.75, 3.05) is 27.4 Å². The van der Waals surface area contributed by atoms with Crippen molar-refractivity contribution in [3.05, 3.63) is 54.1 Å². The number of para-hydroxylation sites is 2. The zero-order chi connectivity index (χ0) is 19.0. The molecule has 2 aromatic rings. The molecule has 140 valence electrons. The molecule has 0 aliphatic rings. The van der Waals surface area contributed by atoms with Crippen molar-refractivity contribution in [1.82, 2.24) is 5.32 Å². The molecule has 26 heavy (non-hydrogen) atoms. The molecule has 6 nitrogen and oxygen atoms in total. The van der Waals surface area contributed by atoms with Crippen LogP contribution in [0.4, 0.5) is 0 Å². The van der Waals surface area contributed by atoms with E-state index >= 15 is 0 Å². The normalized spacial score (nSPS) is 12.8. The van der Waals surface area contributed by atoms with E-state index in [4.69, 9.17) is 14.2 Å². The molecule has 1 amide bonds. The van der Waals surface area contributed by atoms with Gasteiger partial charge in [-0.15, -0.1) is 0 Å². The topological polar surface area (TPSA) is 77.0 Å². The summed E-state index contributed by atoms with van der Waals surface area (Å²) in [6.45, 7) is 1.64. The number of carbonyl (C=O) groups is 1. The molecule has 1 atom stereocenters. The summed E-state index contributed by atoms with van der Waals surface area (Å²) in [6.07, 6.45) is 0.407. The van der Waals surface area contributed by atoms with E-state index in [0.717, 1.165) is 11.3 Å². The van der Waals surface area contributed by atoms with Gasteiger partial charge in [0.2, 0.25) is 0 Å². The van der Waals surface area contributed by atoms with Crippen LogP contribution in [0.25, 0.3) is 0 Å².